The summed E-state index contributed by atoms with van der Waals surface area (Å²) < 4.78 is 31.9. The van der Waals surface area contributed by atoms with E-state index >= 15 is 0 Å². The van der Waals surface area contributed by atoms with Crippen molar-refractivity contribution in [3.8, 4) is 0 Å². The molecule has 2 fully saturated rings. The van der Waals surface area contributed by atoms with Gasteiger partial charge in [0.2, 0.25) is 5.91 Å². The molecule has 126 valence electrons. The lowest BCUT2D eigenvalue weighted by Gasteiger charge is -2.28. The highest BCUT2D eigenvalue weighted by Crippen LogP contribution is 2.34. The molecule has 2 saturated heterocycles. The smallest absolute Gasteiger partial charge is 0.223 e. The third kappa shape index (κ3) is 3.70. The Morgan fingerprint density at radius 1 is 1.26 bits per heavy atom. The van der Waals surface area contributed by atoms with Crippen molar-refractivity contribution in [2.24, 2.45) is 5.92 Å². The molecule has 6 heteroatoms. The maximum atomic E-state index is 13.5. The highest BCUT2D eigenvalue weighted by Gasteiger charge is 2.36. The lowest BCUT2D eigenvalue weighted by atomic mass is 9.95. The number of β-amino-alcohol motifs (C(OH)–C–C–N with tert-alkyl or cyclic N) is 1. The van der Waals surface area contributed by atoms with E-state index in [0.29, 0.717) is 37.5 Å². The zero-order valence-electron chi connectivity index (χ0n) is 12.9. The second-order valence-electron chi connectivity index (χ2n) is 6.38. The maximum Gasteiger partial charge on any atom is 0.223 e. The summed E-state index contributed by atoms with van der Waals surface area (Å²) in [6, 6.07) is 3.27. The summed E-state index contributed by atoms with van der Waals surface area (Å²) in [7, 11) is 0. The summed E-state index contributed by atoms with van der Waals surface area (Å²) in [5.41, 5.74) is 0.528. The van der Waals surface area contributed by atoms with Crippen LogP contribution < -0.4 is 0 Å². The lowest BCUT2D eigenvalue weighted by Crippen LogP contribution is -2.34. The van der Waals surface area contributed by atoms with Crippen LogP contribution in [0.25, 0.3) is 0 Å². The van der Waals surface area contributed by atoms with E-state index in [1.54, 1.807) is 4.90 Å². The Kier molecular flexibility index (Phi) is 4.92. The molecule has 1 amide bonds. The Hall–Kier alpha value is -1.53. The Morgan fingerprint density at radius 3 is 2.70 bits per heavy atom. The maximum absolute atomic E-state index is 13.5. The fourth-order valence-corrected chi connectivity index (χ4v) is 3.44. The van der Waals surface area contributed by atoms with Gasteiger partial charge in [0.25, 0.3) is 0 Å². The van der Waals surface area contributed by atoms with E-state index in [2.05, 4.69) is 0 Å². The van der Waals surface area contributed by atoms with Crippen molar-refractivity contribution >= 4 is 5.91 Å². The molecule has 0 bridgehead atoms. The van der Waals surface area contributed by atoms with Crippen molar-refractivity contribution in [3.63, 3.8) is 0 Å². The number of halogens is 2. The first-order valence-corrected chi connectivity index (χ1v) is 8.05. The Bertz CT molecular complexity index is 575. The molecule has 2 aliphatic heterocycles. The molecular formula is C17H21F2NO3. The first kappa shape index (κ1) is 16.3. The molecule has 23 heavy (non-hydrogen) atoms. The van der Waals surface area contributed by atoms with Gasteiger partial charge in [-0.2, -0.15) is 0 Å². The second-order valence-corrected chi connectivity index (χ2v) is 6.38. The molecule has 0 radical (unpaired) electrons. The van der Waals surface area contributed by atoms with Gasteiger partial charge in [-0.15, -0.1) is 0 Å². The predicted molar refractivity (Wildman–Crippen MR) is 79.6 cm³/mol. The normalized spacial score (nSPS) is 25.8. The summed E-state index contributed by atoms with van der Waals surface area (Å²) in [4.78, 5) is 14.2. The van der Waals surface area contributed by atoms with Gasteiger partial charge in [-0.05, 0) is 42.9 Å². The van der Waals surface area contributed by atoms with Gasteiger partial charge in [-0.3, -0.25) is 4.79 Å². The third-order valence-corrected chi connectivity index (χ3v) is 4.73. The van der Waals surface area contributed by atoms with Gasteiger partial charge >= 0.3 is 0 Å². The predicted octanol–water partition coefficient (Wildman–Crippen LogP) is 2.42. The van der Waals surface area contributed by atoms with Gasteiger partial charge in [-0.1, -0.05) is 6.07 Å². The number of hydrogen-bond acceptors (Lipinski definition) is 3. The highest BCUT2D eigenvalue weighted by atomic mass is 19.2. The van der Waals surface area contributed by atoms with E-state index in [4.69, 9.17) is 4.74 Å². The lowest BCUT2D eigenvalue weighted by molar-refractivity contribution is -0.134. The molecule has 1 N–H and O–H groups in total. The van der Waals surface area contributed by atoms with E-state index in [9.17, 15) is 18.7 Å². The van der Waals surface area contributed by atoms with Crippen LogP contribution in [0.1, 0.15) is 37.3 Å². The fraction of sp³-hybridized carbons (Fsp3) is 0.588. The molecule has 4 nitrogen and oxygen atoms in total. The number of nitrogens with zero attached hydrogens (tertiary/aromatic N) is 1. The molecule has 3 rings (SSSR count). The van der Waals surface area contributed by atoms with Crippen molar-refractivity contribution in [1.29, 1.82) is 0 Å². The second kappa shape index (κ2) is 6.93. The van der Waals surface area contributed by atoms with E-state index in [0.717, 1.165) is 25.0 Å². The van der Waals surface area contributed by atoms with E-state index in [1.165, 1.54) is 6.07 Å². The van der Waals surface area contributed by atoms with Crippen LogP contribution in [0.4, 0.5) is 8.78 Å². The van der Waals surface area contributed by atoms with Crippen molar-refractivity contribution in [1.82, 2.24) is 4.90 Å². The number of rotatable bonds is 3. The number of amides is 1. The number of carbonyl (C=O) groups is 1. The Morgan fingerprint density at radius 2 is 2.00 bits per heavy atom. The number of aliphatic hydroxyl groups excluding tert-OH is 1. The number of ether oxygens (including phenoxy) is 1. The molecular weight excluding hydrogens is 304 g/mol. The monoisotopic (exact) mass is 325 g/mol. The van der Waals surface area contributed by atoms with Crippen LogP contribution in [-0.4, -0.2) is 41.8 Å². The first-order chi connectivity index (χ1) is 11.0. The summed E-state index contributed by atoms with van der Waals surface area (Å²) in [6.45, 7) is 1.59. The van der Waals surface area contributed by atoms with Gasteiger partial charge in [0.1, 0.15) is 0 Å². The summed E-state index contributed by atoms with van der Waals surface area (Å²) in [5.74, 6) is -1.59. The van der Waals surface area contributed by atoms with Crippen LogP contribution in [0.3, 0.4) is 0 Å². The SMILES string of the molecule is O=C(CC1CCOCC1)N1C[C@@H](O)C[C@H]1c1ccc(F)c(F)c1. The number of benzene rings is 1. The topological polar surface area (TPSA) is 49.8 Å². The Labute approximate surface area is 134 Å². The van der Waals surface area contributed by atoms with E-state index in [1.807, 2.05) is 0 Å². The molecule has 0 aromatic heterocycles. The molecule has 2 heterocycles. The van der Waals surface area contributed by atoms with Crippen LogP contribution >= 0.6 is 0 Å². The van der Waals surface area contributed by atoms with Gasteiger partial charge in [0.15, 0.2) is 11.6 Å². The van der Waals surface area contributed by atoms with Crippen molar-refractivity contribution in [3.05, 3.63) is 35.4 Å². The van der Waals surface area contributed by atoms with Crippen LogP contribution in [-0.2, 0) is 9.53 Å². The van der Waals surface area contributed by atoms with Crippen LogP contribution in [0.5, 0.6) is 0 Å². The average molecular weight is 325 g/mol. The fourth-order valence-electron chi connectivity index (χ4n) is 3.44. The number of aliphatic hydroxyl groups is 1. The molecule has 1 aromatic carbocycles. The van der Waals surface area contributed by atoms with Gasteiger partial charge in [-0.25, -0.2) is 8.78 Å². The molecule has 0 spiro atoms. The van der Waals surface area contributed by atoms with Crippen molar-refractivity contribution < 1.29 is 23.4 Å². The van der Waals surface area contributed by atoms with Crippen LogP contribution in [0.15, 0.2) is 18.2 Å². The van der Waals surface area contributed by atoms with E-state index in [-0.39, 0.29) is 12.5 Å². The molecule has 0 unspecified atom stereocenters. The highest BCUT2D eigenvalue weighted by molar-refractivity contribution is 5.77. The van der Waals surface area contributed by atoms with Crippen LogP contribution in [0, 0.1) is 17.6 Å². The molecule has 0 aliphatic carbocycles. The largest absolute Gasteiger partial charge is 0.391 e. The van der Waals surface area contributed by atoms with Crippen molar-refractivity contribution in [2.75, 3.05) is 19.8 Å². The molecule has 1 aromatic rings. The zero-order valence-corrected chi connectivity index (χ0v) is 12.9. The number of hydrogen-bond donors (Lipinski definition) is 1. The van der Waals surface area contributed by atoms with Crippen molar-refractivity contribution in [2.45, 2.75) is 37.8 Å². The summed E-state index contributed by atoms with van der Waals surface area (Å²) in [6.07, 6.45) is 1.85. The molecule has 2 aliphatic rings. The zero-order chi connectivity index (χ0) is 16.4. The van der Waals surface area contributed by atoms with Gasteiger partial charge in [0.05, 0.1) is 12.1 Å². The average Bonchev–Trinajstić information content (AvgIpc) is 2.93. The minimum atomic E-state index is -0.930. The molecule has 2 atom stereocenters. The van der Waals surface area contributed by atoms with Gasteiger partial charge < -0.3 is 14.7 Å². The quantitative estimate of drug-likeness (QED) is 0.928. The standard InChI is InChI=1S/C17H21F2NO3/c18-14-2-1-12(8-15(14)19)16-9-13(21)10-20(16)17(22)7-11-3-5-23-6-4-11/h1-2,8,11,13,16,21H,3-7,9-10H2/t13-,16-/m0/s1. The first-order valence-electron chi connectivity index (χ1n) is 8.05. The summed E-state index contributed by atoms with van der Waals surface area (Å²) in [5, 5.41) is 9.93. The third-order valence-electron chi connectivity index (χ3n) is 4.73. The van der Waals surface area contributed by atoms with Gasteiger partial charge in [0, 0.05) is 26.2 Å². The minimum Gasteiger partial charge on any atom is -0.391 e. The summed E-state index contributed by atoms with van der Waals surface area (Å²) >= 11 is 0. The van der Waals surface area contributed by atoms with Crippen LogP contribution in [0.2, 0.25) is 0 Å². The molecule has 0 saturated carbocycles. The van der Waals surface area contributed by atoms with E-state index < -0.39 is 23.8 Å². The minimum absolute atomic E-state index is 0.0387. The number of carbonyl (C=O) groups excluding carboxylic acids is 1. The Balaban J connectivity index is 1.73. The number of likely N-dealkylation sites (tertiary alicyclic amines) is 1.